The molecular formula is C56H29F4N3O10S2. The van der Waals surface area contributed by atoms with Crippen molar-refractivity contribution in [3.63, 3.8) is 0 Å². The lowest BCUT2D eigenvalue weighted by atomic mass is 10.1. The molecule has 5 aromatic carbocycles. The summed E-state index contributed by atoms with van der Waals surface area (Å²) < 4.78 is 80.1. The first-order valence-corrected chi connectivity index (χ1v) is 24.3. The number of halogens is 4. The van der Waals surface area contributed by atoms with Crippen LogP contribution in [0.1, 0.15) is 69.5 Å². The summed E-state index contributed by atoms with van der Waals surface area (Å²) in [6.07, 6.45) is -0.856. The number of thiophene rings is 2. The predicted molar refractivity (Wildman–Crippen MR) is 268 cm³/mol. The lowest BCUT2D eigenvalue weighted by Gasteiger charge is -2.12. The van der Waals surface area contributed by atoms with Crippen LogP contribution in [0.15, 0.2) is 139 Å². The molecule has 0 amide bonds. The summed E-state index contributed by atoms with van der Waals surface area (Å²) in [6, 6.07) is 31.5. The fourth-order valence-electron chi connectivity index (χ4n) is 9.31. The molecule has 0 N–H and O–H groups in total. The van der Waals surface area contributed by atoms with E-state index in [1.807, 2.05) is 0 Å². The first kappa shape index (κ1) is 46.7. The number of rotatable bonds is 8. The number of ketones is 4. The molecule has 0 bridgehead atoms. The molecule has 12 rings (SSSR count). The summed E-state index contributed by atoms with van der Waals surface area (Å²) in [7, 11) is 0. The molecule has 0 atom stereocenters. The maximum atomic E-state index is 15.1. The molecule has 5 heterocycles. The van der Waals surface area contributed by atoms with Crippen molar-refractivity contribution in [2.75, 3.05) is 0 Å². The molecule has 13 nitrogen and oxygen atoms in total. The Labute approximate surface area is 426 Å². The number of benzene rings is 5. The predicted octanol–water partition coefficient (Wildman–Crippen LogP) is 12.9. The minimum atomic E-state index is -1.35. The average molecular weight is 1040 g/mol. The van der Waals surface area contributed by atoms with E-state index in [-0.39, 0.29) is 75.5 Å². The monoisotopic (exact) mass is 1040 g/mol. The summed E-state index contributed by atoms with van der Waals surface area (Å²) in [4.78, 5) is 99.4. The van der Waals surface area contributed by atoms with Gasteiger partial charge in [-0.25, -0.2) is 45.6 Å². The van der Waals surface area contributed by atoms with Crippen LogP contribution >= 0.6 is 22.7 Å². The number of ether oxygens (including phenoxy) is 3. The zero-order chi connectivity index (χ0) is 52.0. The van der Waals surface area contributed by atoms with E-state index in [0.29, 0.717) is 59.8 Å². The minimum Gasteiger partial charge on any atom is -0.444 e. The lowest BCUT2D eigenvalue weighted by Crippen LogP contribution is -2.18. The molecule has 5 aromatic heterocycles. The Hall–Kier alpha value is -9.33. The maximum Gasteiger partial charge on any atom is 0.419 e. The number of aromatic nitrogens is 3. The van der Waals surface area contributed by atoms with E-state index < -0.39 is 75.8 Å². The molecule has 2 aliphatic carbocycles. The van der Waals surface area contributed by atoms with Gasteiger partial charge in [-0.05, 0) is 65.2 Å². The van der Waals surface area contributed by atoms with E-state index in [1.165, 1.54) is 12.1 Å². The van der Waals surface area contributed by atoms with Gasteiger partial charge in [0.05, 0.1) is 63.4 Å². The van der Waals surface area contributed by atoms with E-state index in [4.69, 9.17) is 14.2 Å². The zero-order valence-electron chi connectivity index (χ0n) is 38.2. The third kappa shape index (κ3) is 7.70. The number of nitrogens with zero attached hydrogens (tertiary/aromatic N) is 3. The molecule has 0 aliphatic heterocycles. The van der Waals surface area contributed by atoms with Gasteiger partial charge in [-0.15, -0.1) is 22.7 Å². The number of carbonyl (C=O) groups excluding carboxylic acids is 7. The summed E-state index contributed by atoms with van der Waals surface area (Å²) in [6.45, 7) is -0.761. The average Bonchev–Trinajstić information content (AvgIpc) is 4.37. The quantitative estimate of drug-likeness (QED) is 0.0620. The van der Waals surface area contributed by atoms with Gasteiger partial charge in [0.2, 0.25) is 0 Å². The van der Waals surface area contributed by atoms with Crippen molar-refractivity contribution < 1.29 is 65.3 Å². The topological polar surface area (TPSA) is 162 Å². The molecule has 75 heavy (non-hydrogen) atoms. The summed E-state index contributed by atoms with van der Waals surface area (Å²) in [5.41, 5.74) is -0.770. The van der Waals surface area contributed by atoms with Crippen LogP contribution in [0.5, 0.6) is 0 Å². The van der Waals surface area contributed by atoms with Gasteiger partial charge >= 0.3 is 18.3 Å². The zero-order valence-corrected chi connectivity index (χ0v) is 39.8. The van der Waals surface area contributed by atoms with E-state index >= 15 is 4.79 Å². The van der Waals surface area contributed by atoms with Crippen molar-refractivity contribution >= 4 is 117 Å². The van der Waals surface area contributed by atoms with Crippen LogP contribution in [0, 0.1) is 23.3 Å². The first-order chi connectivity index (χ1) is 36.2. The number of Topliss-reactive ketones (excluding diaryl/α,β-unsaturated/α-hetero) is 4. The SMILES string of the molecule is O=C1C(=Cc2cc3sc4c5sc6cc(C=C7C(=O)c8cc(F)c(F)cc8C7=O)n(C(=O)OCc7ccccc7)c6c5n(C(=O)OCc5ccccc5)c4c3n2C(=O)OCc2ccccc2)C(=O)c2cc(F)c(F)cc21. The van der Waals surface area contributed by atoms with E-state index in [2.05, 4.69) is 0 Å². The van der Waals surface area contributed by atoms with Gasteiger partial charge in [0, 0.05) is 22.3 Å². The smallest absolute Gasteiger partial charge is 0.419 e. The van der Waals surface area contributed by atoms with Crippen LogP contribution in [0.3, 0.4) is 0 Å². The van der Waals surface area contributed by atoms with Crippen LogP contribution in [0.4, 0.5) is 31.9 Å². The van der Waals surface area contributed by atoms with Crippen molar-refractivity contribution in [1.82, 2.24) is 13.7 Å². The third-order valence-corrected chi connectivity index (χ3v) is 15.2. The molecule has 0 saturated carbocycles. The Bertz CT molecular complexity index is 3930. The van der Waals surface area contributed by atoms with E-state index in [9.17, 15) is 46.3 Å². The van der Waals surface area contributed by atoms with Crippen molar-refractivity contribution in [3.05, 3.63) is 212 Å². The third-order valence-electron chi connectivity index (χ3n) is 12.8. The van der Waals surface area contributed by atoms with Gasteiger partial charge in [0.15, 0.2) is 46.4 Å². The van der Waals surface area contributed by atoms with E-state index in [1.54, 1.807) is 91.0 Å². The van der Waals surface area contributed by atoms with Gasteiger partial charge < -0.3 is 14.2 Å². The highest BCUT2D eigenvalue weighted by Gasteiger charge is 2.38. The van der Waals surface area contributed by atoms with Crippen LogP contribution < -0.4 is 0 Å². The molecule has 2 aliphatic rings. The number of hydrogen-bond donors (Lipinski definition) is 0. The first-order valence-electron chi connectivity index (χ1n) is 22.7. The molecule has 0 unspecified atom stereocenters. The molecule has 10 aromatic rings. The van der Waals surface area contributed by atoms with Crippen LogP contribution in [0.25, 0.3) is 53.0 Å². The largest absolute Gasteiger partial charge is 0.444 e. The van der Waals surface area contributed by atoms with Gasteiger partial charge in [-0.3, -0.25) is 19.2 Å². The van der Waals surface area contributed by atoms with Crippen LogP contribution in [0.2, 0.25) is 0 Å². The number of hydrogen-bond acceptors (Lipinski definition) is 12. The normalized spacial score (nSPS) is 13.2. The fourth-order valence-corrected chi connectivity index (χ4v) is 11.9. The molecule has 19 heteroatoms. The molecule has 368 valence electrons. The summed E-state index contributed by atoms with van der Waals surface area (Å²) >= 11 is 2.19. The maximum absolute atomic E-state index is 15.1. The molecule has 0 radical (unpaired) electrons. The second kappa shape index (κ2) is 18.0. The Morgan fingerprint density at radius 1 is 0.413 bits per heavy atom. The molecular weight excluding hydrogens is 1010 g/mol. The van der Waals surface area contributed by atoms with Crippen molar-refractivity contribution in [3.8, 4) is 0 Å². The summed E-state index contributed by atoms with van der Waals surface area (Å²) in [5, 5.41) is 0. The Kier molecular flexibility index (Phi) is 11.2. The molecule has 0 saturated heterocycles. The van der Waals surface area contributed by atoms with Crippen molar-refractivity contribution in [2.24, 2.45) is 0 Å². The number of allylic oxidation sites excluding steroid dienone is 2. The van der Waals surface area contributed by atoms with Gasteiger partial charge in [0.1, 0.15) is 19.8 Å². The number of carbonyl (C=O) groups is 7. The molecule has 0 spiro atoms. The minimum absolute atomic E-state index is 0.0344. The highest BCUT2D eigenvalue weighted by molar-refractivity contribution is 7.33. The Balaban J connectivity index is 1.10. The second-order valence-corrected chi connectivity index (χ2v) is 19.4. The summed E-state index contributed by atoms with van der Waals surface area (Å²) in [5.74, 6) is -9.12. The molecule has 0 fully saturated rings. The van der Waals surface area contributed by atoms with E-state index in [0.717, 1.165) is 48.5 Å². The van der Waals surface area contributed by atoms with Crippen molar-refractivity contribution in [1.29, 1.82) is 0 Å². The lowest BCUT2D eigenvalue weighted by molar-refractivity contribution is 0.0974. The number of fused-ring (bicyclic) bond motifs is 9. The Morgan fingerprint density at radius 2 is 0.707 bits per heavy atom. The fraction of sp³-hybridized carbons (Fsp3) is 0.0536. The standard InChI is InChI=1S/C56H29F4N3O10S2/c57-38-20-32-33(21-39(38)58)49(65)36(48(32)64)16-30-18-42-44(61(30)54(68)71-24-27-10-4-1-5-11-27)46-52(74-42)53-47(63(46)56(70)73-26-29-14-8-3-9-15-29)45-43(75-53)19-31(62(45)55(69)72-25-28-12-6-2-7-13-28)17-37-50(66)34-22-40(59)41(60)23-35(34)51(37)67/h1-23H,24-26H2. The second-order valence-electron chi connectivity index (χ2n) is 17.3. The highest BCUT2D eigenvalue weighted by Crippen LogP contribution is 2.49. The highest BCUT2D eigenvalue weighted by atomic mass is 32.1. The van der Waals surface area contributed by atoms with Crippen LogP contribution in [-0.2, 0) is 34.0 Å². The van der Waals surface area contributed by atoms with Gasteiger partial charge in [0.25, 0.3) is 0 Å². The van der Waals surface area contributed by atoms with Gasteiger partial charge in [-0.1, -0.05) is 91.0 Å². The van der Waals surface area contributed by atoms with Crippen LogP contribution in [-0.4, -0.2) is 55.1 Å². The Morgan fingerprint density at radius 3 is 1.01 bits per heavy atom. The van der Waals surface area contributed by atoms with Crippen molar-refractivity contribution in [2.45, 2.75) is 19.8 Å². The van der Waals surface area contributed by atoms with Gasteiger partial charge in [-0.2, -0.15) is 0 Å².